The van der Waals surface area contributed by atoms with Crippen molar-refractivity contribution < 1.29 is 9.59 Å². The molecule has 4 rings (SSSR count). The molecule has 0 aromatic heterocycles. The van der Waals surface area contributed by atoms with Crippen LogP contribution in [0, 0.1) is 5.92 Å². The normalized spacial score (nSPS) is 16.6. The summed E-state index contributed by atoms with van der Waals surface area (Å²) < 4.78 is 0. The number of carbonyl (C=O) groups excluding carboxylic acids is 2. The Labute approximate surface area is 210 Å². The van der Waals surface area contributed by atoms with Gasteiger partial charge in [0.15, 0.2) is 0 Å². The SMILES string of the molecule is CC(C)CC(NC(=O)c1ccc(C2SCC(=O)N2Cc2ccc(Cl)cc2)cc1)c1ccccc1. The van der Waals surface area contributed by atoms with E-state index >= 15 is 0 Å². The number of benzene rings is 3. The van der Waals surface area contributed by atoms with E-state index in [1.165, 1.54) is 0 Å². The van der Waals surface area contributed by atoms with Crippen molar-refractivity contribution in [2.75, 3.05) is 5.75 Å². The standard InChI is InChI=1S/C28H29ClN2O2S/c1-19(2)16-25(21-6-4-3-5-7-21)30-27(33)22-10-12-23(13-11-22)28-31(26(32)18-34-28)17-20-8-14-24(29)15-9-20/h3-15,19,25,28H,16-18H2,1-2H3,(H,30,33). The van der Waals surface area contributed by atoms with Crippen molar-refractivity contribution in [2.24, 2.45) is 5.92 Å². The van der Waals surface area contributed by atoms with E-state index in [4.69, 9.17) is 11.6 Å². The number of nitrogens with zero attached hydrogens (tertiary/aromatic N) is 1. The molecule has 0 aliphatic carbocycles. The highest BCUT2D eigenvalue weighted by Crippen LogP contribution is 2.39. The Morgan fingerprint density at radius 2 is 1.71 bits per heavy atom. The number of hydrogen-bond acceptors (Lipinski definition) is 3. The molecule has 0 radical (unpaired) electrons. The van der Waals surface area contributed by atoms with Crippen LogP contribution in [0.2, 0.25) is 5.02 Å². The van der Waals surface area contributed by atoms with Gasteiger partial charge in [-0.15, -0.1) is 11.8 Å². The summed E-state index contributed by atoms with van der Waals surface area (Å²) in [6.07, 6.45) is 0.869. The first-order chi connectivity index (χ1) is 16.4. The van der Waals surface area contributed by atoms with Gasteiger partial charge in [-0.1, -0.05) is 80.0 Å². The van der Waals surface area contributed by atoms with Crippen molar-refractivity contribution in [3.63, 3.8) is 0 Å². The zero-order valence-corrected chi connectivity index (χ0v) is 21.0. The molecule has 2 atom stereocenters. The van der Waals surface area contributed by atoms with Crippen molar-refractivity contribution in [1.82, 2.24) is 10.2 Å². The monoisotopic (exact) mass is 492 g/mol. The molecule has 1 N–H and O–H groups in total. The van der Waals surface area contributed by atoms with Crippen molar-refractivity contribution in [3.05, 3.63) is 106 Å². The number of thioether (sulfide) groups is 1. The van der Waals surface area contributed by atoms with Crippen LogP contribution in [0.15, 0.2) is 78.9 Å². The highest BCUT2D eigenvalue weighted by Gasteiger charge is 2.32. The van der Waals surface area contributed by atoms with Gasteiger partial charge in [-0.2, -0.15) is 0 Å². The summed E-state index contributed by atoms with van der Waals surface area (Å²) >= 11 is 7.61. The van der Waals surface area contributed by atoms with Crippen LogP contribution in [-0.4, -0.2) is 22.5 Å². The fourth-order valence-corrected chi connectivity index (χ4v) is 5.48. The summed E-state index contributed by atoms with van der Waals surface area (Å²) in [5.74, 6) is 0.936. The fraction of sp³-hybridized carbons (Fsp3) is 0.286. The molecule has 1 aliphatic heterocycles. The summed E-state index contributed by atoms with van der Waals surface area (Å²) in [7, 11) is 0. The molecule has 6 heteroatoms. The lowest BCUT2D eigenvalue weighted by Crippen LogP contribution is -2.29. The molecule has 1 saturated heterocycles. The van der Waals surface area contributed by atoms with Gasteiger partial charge in [-0.05, 0) is 53.3 Å². The van der Waals surface area contributed by atoms with Gasteiger partial charge in [0, 0.05) is 17.1 Å². The second-order valence-corrected chi connectivity index (χ2v) is 10.5. The number of nitrogens with one attached hydrogen (secondary N) is 1. The Hall–Kier alpha value is -2.76. The molecule has 2 amide bonds. The quantitative estimate of drug-likeness (QED) is 0.384. The van der Waals surface area contributed by atoms with Gasteiger partial charge in [-0.25, -0.2) is 0 Å². The van der Waals surface area contributed by atoms with Crippen molar-refractivity contribution in [1.29, 1.82) is 0 Å². The molecule has 0 bridgehead atoms. The predicted molar refractivity (Wildman–Crippen MR) is 140 cm³/mol. The lowest BCUT2D eigenvalue weighted by molar-refractivity contribution is -0.128. The van der Waals surface area contributed by atoms with Gasteiger partial charge in [0.05, 0.1) is 11.8 Å². The molecular weight excluding hydrogens is 464 g/mol. The summed E-state index contributed by atoms with van der Waals surface area (Å²) in [5, 5.41) is 3.81. The summed E-state index contributed by atoms with van der Waals surface area (Å²) in [4.78, 5) is 27.5. The van der Waals surface area contributed by atoms with Gasteiger partial charge < -0.3 is 10.2 Å². The van der Waals surface area contributed by atoms with Crippen LogP contribution < -0.4 is 5.32 Å². The van der Waals surface area contributed by atoms with E-state index in [1.807, 2.05) is 71.6 Å². The van der Waals surface area contributed by atoms with E-state index < -0.39 is 0 Å². The fourth-order valence-electron chi connectivity index (χ4n) is 4.16. The molecule has 3 aromatic carbocycles. The Morgan fingerprint density at radius 3 is 2.35 bits per heavy atom. The van der Waals surface area contributed by atoms with Crippen LogP contribution in [0.1, 0.15) is 58.7 Å². The van der Waals surface area contributed by atoms with Crippen LogP contribution in [0.3, 0.4) is 0 Å². The average Bonchev–Trinajstić information content (AvgIpc) is 3.20. The molecule has 3 aromatic rings. The zero-order chi connectivity index (χ0) is 24.1. The number of halogens is 1. The molecule has 34 heavy (non-hydrogen) atoms. The average molecular weight is 493 g/mol. The Balaban J connectivity index is 1.46. The largest absolute Gasteiger partial charge is 0.345 e. The first-order valence-electron chi connectivity index (χ1n) is 11.5. The van der Waals surface area contributed by atoms with Crippen LogP contribution in [0.4, 0.5) is 0 Å². The molecule has 0 spiro atoms. The number of rotatable bonds is 8. The maximum atomic E-state index is 13.0. The minimum Gasteiger partial charge on any atom is -0.345 e. The Bertz CT molecular complexity index is 1120. The van der Waals surface area contributed by atoms with E-state index in [0.717, 1.165) is 23.1 Å². The van der Waals surface area contributed by atoms with Gasteiger partial charge in [0.1, 0.15) is 5.37 Å². The first kappa shape index (κ1) is 24.4. The van der Waals surface area contributed by atoms with E-state index in [9.17, 15) is 9.59 Å². The van der Waals surface area contributed by atoms with E-state index in [-0.39, 0.29) is 23.2 Å². The van der Waals surface area contributed by atoms with Crippen molar-refractivity contribution in [2.45, 2.75) is 38.2 Å². The third kappa shape index (κ3) is 6.02. The zero-order valence-electron chi connectivity index (χ0n) is 19.4. The van der Waals surface area contributed by atoms with Gasteiger partial charge in [0.2, 0.25) is 5.91 Å². The van der Waals surface area contributed by atoms with Crippen molar-refractivity contribution >= 4 is 35.2 Å². The van der Waals surface area contributed by atoms with Crippen molar-refractivity contribution in [3.8, 4) is 0 Å². The Kier molecular flexibility index (Phi) is 7.96. The smallest absolute Gasteiger partial charge is 0.251 e. The maximum Gasteiger partial charge on any atom is 0.251 e. The van der Waals surface area contributed by atoms with Crippen LogP contribution in [0.5, 0.6) is 0 Å². The molecule has 1 fully saturated rings. The van der Waals surface area contributed by atoms with Crippen LogP contribution in [-0.2, 0) is 11.3 Å². The van der Waals surface area contributed by atoms with E-state index in [2.05, 4.69) is 31.3 Å². The van der Waals surface area contributed by atoms with Gasteiger partial charge in [0.25, 0.3) is 5.91 Å². The summed E-state index contributed by atoms with van der Waals surface area (Å²) in [6.45, 7) is 4.85. The molecule has 176 valence electrons. The summed E-state index contributed by atoms with van der Waals surface area (Å²) in [6, 6.07) is 25.3. The minimum atomic E-state index is -0.0887. The molecule has 4 nitrogen and oxygen atoms in total. The van der Waals surface area contributed by atoms with E-state index in [1.54, 1.807) is 11.8 Å². The van der Waals surface area contributed by atoms with E-state index in [0.29, 0.717) is 28.8 Å². The maximum absolute atomic E-state index is 13.0. The molecule has 1 heterocycles. The highest BCUT2D eigenvalue weighted by molar-refractivity contribution is 8.00. The molecule has 2 unspecified atom stereocenters. The second kappa shape index (κ2) is 11.1. The van der Waals surface area contributed by atoms with Crippen LogP contribution >= 0.6 is 23.4 Å². The highest BCUT2D eigenvalue weighted by atomic mass is 35.5. The van der Waals surface area contributed by atoms with Crippen LogP contribution in [0.25, 0.3) is 0 Å². The first-order valence-corrected chi connectivity index (χ1v) is 12.9. The minimum absolute atomic E-state index is 0.0359. The number of carbonyl (C=O) groups is 2. The Morgan fingerprint density at radius 1 is 1.03 bits per heavy atom. The van der Waals surface area contributed by atoms with Gasteiger partial charge in [-0.3, -0.25) is 9.59 Å². The molecule has 1 aliphatic rings. The predicted octanol–water partition coefficient (Wildman–Crippen LogP) is 6.63. The molecule has 0 saturated carbocycles. The third-order valence-corrected chi connectivity index (χ3v) is 7.41. The van der Waals surface area contributed by atoms with Gasteiger partial charge >= 0.3 is 0 Å². The number of amides is 2. The second-order valence-electron chi connectivity index (χ2n) is 9.00. The third-order valence-electron chi connectivity index (χ3n) is 5.91. The topological polar surface area (TPSA) is 49.4 Å². The number of hydrogen-bond donors (Lipinski definition) is 1. The summed E-state index contributed by atoms with van der Waals surface area (Å²) in [5.41, 5.74) is 3.79. The lowest BCUT2D eigenvalue weighted by Gasteiger charge is -2.25. The molecular formula is C28H29ClN2O2S. The lowest BCUT2D eigenvalue weighted by atomic mass is 9.96.